The van der Waals surface area contributed by atoms with Crippen molar-refractivity contribution in [2.45, 2.75) is 0 Å². The molecular formula is C13H15N2PS. The monoisotopic (exact) mass is 262 g/mol. The number of hydrogen-bond acceptors (Lipinski definition) is 1. The number of hydrogen-bond donors (Lipinski definition) is 2. The molecule has 0 aromatic heterocycles. The van der Waals surface area contributed by atoms with Crippen LogP contribution in [0.15, 0.2) is 60.7 Å². The Hall–Kier alpha value is -1.31. The van der Waals surface area contributed by atoms with Crippen molar-refractivity contribution in [2.24, 2.45) is 0 Å². The highest BCUT2D eigenvalue weighted by Gasteiger charge is 2.08. The highest BCUT2D eigenvalue weighted by Crippen LogP contribution is 2.41. The fourth-order valence-electron chi connectivity index (χ4n) is 1.55. The van der Waals surface area contributed by atoms with Crippen molar-refractivity contribution in [1.29, 1.82) is 0 Å². The molecule has 0 radical (unpaired) electrons. The van der Waals surface area contributed by atoms with Crippen molar-refractivity contribution in [1.82, 2.24) is 0 Å². The molecule has 0 fully saturated rings. The first-order valence-electron chi connectivity index (χ1n) is 5.40. The predicted molar refractivity (Wildman–Crippen MR) is 80.3 cm³/mol. The second-order valence-electron chi connectivity index (χ2n) is 3.88. The first kappa shape index (κ1) is 12.2. The van der Waals surface area contributed by atoms with E-state index in [1.54, 1.807) is 0 Å². The van der Waals surface area contributed by atoms with E-state index in [0.717, 1.165) is 11.4 Å². The van der Waals surface area contributed by atoms with Crippen LogP contribution in [0.2, 0.25) is 0 Å². The van der Waals surface area contributed by atoms with E-state index in [9.17, 15) is 0 Å². The van der Waals surface area contributed by atoms with Crippen LogP contribution in [0, 0.1) is 0 Å². The summed E-state index contributed by atoms with van der Waals surface area (Å²) in [6.45, 7) is 2.04. The first-order valence-corrected chi connectivity index (χ1v) is 8.65. The van der Waals surface area contributed by atoms with Crippen molar-refractivity contribution in [3.05, 3.63) is 60.7 Å². The van der Waals surface area contributed by atoms with E-state index in [2.05, 4.69) is 10.2 Å². The van der Waals surface area contributed by atoms with Gasteiger partial charge in [-0.15, -0.1) is 0 Å². The molecule has 0 saturated heterocycles. The lowest BCUT2D eigenvalue weighted by atomic mass is 10.3. The van der Waals surface area contributed by atoms with Crippen LogP contribution < -0.4 is 10.2 Å². The van der Waals surface area contributed by atoms with Crippen molar-refractivity contribution in [3.8, 4) is 0 Å². The maximum Gasteiger partial charge on any atom is 0.116 e. The zero-order chi connectivity index (χ0) is 12.1. The highest BCUT2D eigenvalue weighted by atomic mass is 32.4. The van der Waals surface area contributed by atoms with E-state index in [-0.39, 0.29) is 0 Å². The summed E-state index contributed by atoms with van der Waals surface area (Å²) in [5.41, 5.74) is 2.11. The molecule has 0 aliphatic rings. The van der Waals surface area contributed by atoms with Gasteiger partial charge in [0.15, 0.2) is 0 Å². The molecule has 2 aromatic carbocycles. The molecule has 2 N–H and O–H groups in total. The molecule has 0 amide bonds. The second-order valence-corrected chi connectivity index (χ2v) is 8.37. The largest absolute Gasteiger partial charge is 0.342 e. The van der Waals surface area contributed by atoms with Crippen LogP contribution >= 0.6 is 6.34 Å². The lowest BCUT2D eigenvalue weighted by molar-refractivity contribution is 1.64. The Labute approximate surface area is 107 Å². The van der Waals surface area contributed by atoms with E-state index >= 15 is 0 Å². The van der Waals surface area contributed by atoms with E-state index < -0.39 is 6.34 Å². The smallest absolute Gasteiger partial charge is 0.116 e. The summed E-state index contributed by atoms with van der Waals surface area (Å²) in [6, 6.07) is 20.1. The lowest BCUT2D eigenvalue weighted by Gasteiger charge is -2.22. The number of nitrogens with one attached hydrogen (secondary N) is 2. The van der Waals surface area contributed by atoms with E-state index in [1.807, 2.05) is 67.3 Å². The minimum absolute atomic E-state index is 1.06. The number of benzene rings is 2. The van der Waals surface area contributed by atoms with Gasteiger partial charge in [-0.2, -0.15) is 0 Å². The van der Waals surface area contributed by atoms with Gasteiger partial charge in [0.05, 0.1) is 0 Å². The van der Waals surface area contributed by atoms with Crippen LogP contribution in [0.25, 0.3) is 0 Å². The molecular weight excluding hydrogens is 247 g/mol. The molecule has 0 aliphatic carbocycles. The molecule has 0 unspecified atom stereocenters. The third-order valence-corrected chi connectivity index (χ3v) is 4.15. The Bertz CT molecular complexity index is 468. The van der Waals surface area contributed by atoms with Gasteiger partial charge in [0.2, 0.25) is 0 Å². The molecule has 2 nitrogen and oxygen atoms in total. The molecule has 2 rings (SSSR count). The summed E-state index contributed by atoms with van der Waals surface area (Å²) in [4.78, 5) is 0. The Morgan fingerprint density at radius 2 is 1.12 bits per heavy atom. The van der Waals surface area contributed by atoms with Gasteiger partial charge in [-0.05, 0) is 30.9 Å². The summed E-state index contributed by atoms with van der Waals surface area (Å²) in [7, 11) is 0. The lowest BCUT2D eigenvalue weighted by Crippen LogP contribution is -2.04. The molecule has 88 valence electrons. The predicted octanol–water partition coefficient (Wildman–Crippen LogP) is 4.15. The third kappa shape index (κ3) is 3.88. The van der Waals surface area contributed by atoms with Gasteiger partial charge in [0, 0.05) is 11.4 Å². The Balaban J connectivity index is 2.07. The average molecular weight is 262 g/mol. The van der Waals surface area contributed by atoms with Crippen LogP contribution in [0.5, 0.6) is 0 Å². The summed E-state index contributed by atoms with van der Waals surface area (Å²) in [5, 5.41) is 6.76. The topological polar surface area (TPSA) is 24.1 Å². The van der Waals surface area contributed by atoms with Crippen molar-refractivity contribution >= 4 is 29.5 Å². The van der Waals surface area contributed by atoms with Crippen molar-refractivity contribution in [3.63, 3.8) is 0 Å². The standard InChI is InChI=1S/C13H15N2PS/c1-16(17,14-12-8-4-2-5-9-12)15-13-10-6-3-7-11-13/h2-11H,1H3,(H2,14,15,17). The van der Waals surface area contributed by atoms with Gasteiger partial charge >= 0.3 is 0 Å². The quantitative estimate of drug-likeness (QED) is 0.809. The van der Waals surface area contributed by atoms with Crippen LogP contribution in [-0.2, 0) is 11.8 Å². The summed E-state index contributed by atoms with van der Waals surface area (Å²) in [5.74, 6) is 0. The third-order valence-electron chi connectivity index (χ3n) is 2.23. The van der Waals surface area contributed by atoms with E-state index in [0.29, 0.717) is 0 Å². The molecule has 0 spiro atoms. The minimum atomic E-state index is -1.80. The van der Waals surface area contributed by atoms with Crippen LogP contribution in [0.4, 0.5) is 11.4 Å². The van der Waals surface area contributed by atoms with Gasteiger partial charge in [-0.1, -0.05) is 48.2 Å². The van der Waals surface area contributed by atoms with E-state index in [4.69, 9.17) is 11.8 Å². The Morgan fingerprint density at radius 3 is 1.47 bits per heavy atom. The summed E-state index contributed by atoms with van der Waals surface area (Å²) < 4.78 is 0. The molecule has 4 heteroatoms. The van der Waals surface area contributed by atoms with Crippen LogP contribution in [0.1, 0.15) is 0 Å². The maximum atomic E-state index is 5.60. The number of para-hydroxylation sites is 2. The van der Waals surface area contributed by atoms with Gasteiger partial charge in [0.25, 0.3) is 0 Å². The fourth-order valence-corrected chi connectivity index (χ4v) is 3.52. The molecule has 0 heterocycles. The number of rotatable bonds is 4. The fraction of sp³-hybridized carbons (Fsp3) is 0.0769. The zero-order valence-corrected chi connectivity index (χ0v) is 11.3. The highest BCUT2D eigenvalue weighted by molar-refractivity contribution is 8.15. The van der Waals surface area contributed by atoms with Crippen LogP contribution in [-0.4, -0.2) is 6.66 Å². The molecule has 2 aromatic rings. The number of anilines is 2. The molecule has 0 bridgehead atoms. The second kappa shape index (κ2) is 5.35. The zero-order valence-electron chi connectivity index (χ0n) is 9.63. The molecule has 0 saturated carbocycles. The maximum absolute atomic E-state index is 5.60. The Morgan fingerprint density at radius 1 is 0.765 bits per heavy atom. The summed E-state index contributed by atoms with van der Waals surface area (Å²) in [6.07, 6.45) is -1.80. The molecule has 0 atom stereocenters. The Kier molecular flexibility index (Phi) is 3.82. The van der Waals surface area contributed by atoms with Crippen molar-refractivity contribution in [2.75, 3.05) is 16.8 Å². The summed E-state index contributed by atoms with van der Waals surface area (Å²) >= 11 is 5.60. The normalized spacial score (nSPS) is 10.9. The van der Waals surface area contributed by atoms with Crippen molar-refractivity contribution < 1.29 is 0 Å². The van der Waals surface area contributed by atoms with E-state index in [1.165, 1.54) is 0 Å². The van der Waals surface area contributed by atoms with Crippen LogP contribution in [0.3, 0.4) is 0 Å². The first-order chi connectivity index (χ1) is 8.16. The SMILES string of the molecule is CP(=S)(Nc1ccccc1)Nc1ccccc1. The average Bonchev–Trinajstić information content (AvgIpc) is 2.30. The minimum Gasteiger partial charge on any atom is -0.342 e. The van der Waals surface area contributed by atoms with Gasteiger partial charge in [-0.25, -0.2) is 0 Å². The van der Waals surface area contributed by atoms with Gasteiger partial charge in [-0.3, -0.25) is 0 Å². The molecule has 17 heavy (non-hydrogen) atoms. The molecule has 0 aliphatic heterocycles. The van der Waals surface area contributed by atoms with Gasteiger partial charge < -0.3 is 10.2 Å². The van der Waals surface area contributed by atoms with Gasteiger partial charge in [0.1, 0.15) is 6.34 Å².